The van der Waals surface area contributed by atoms with Crippen molar-refractivity contribution in [2.24, 2.45) is 11.8 Å². The van der Waals surface area contributed by atoms with Crippen LogP contribution in [0.4, 0.5) is 5.69 Å². The van der Waals surface area contributed by atoms with Gasteiger partial charge in [0.2, 0.25) is 5.91 Å². The van der Waals surface area contributed by atoms with Gasteiger partial charge in [0.1, 0.15) is 23.2 Å². The van der Waals surface area contributed by atoms with Crippen LogP contribution >= 0.6 is 11.6 Å². The van der Waals surface area contributed by atoms with Crippen molar-refractivity contribution in [3.63, 3.8) is 0 Å². The van der Waals surface area contributed by atoms with Gasteiger partial charge in [-0.2, -0.15) is 0 Å². The lowest BCUT2D eigenvalue weighted by Gasteiger charge is -2.39. The highest BCUT2D eigenvalue weighted by molar-refractivity contribution is 6.34. The molecule has 4 aliphatic rings. The van der Waals surface area contributed by atoms with Gasteiger partial charge in [-0.05, 0) is 37.8 Å². The third kappa shape index (κ3) is 3.53. The Morgan fingerprint density at radius 3 is 2.67 bits per heavy atom. The van der Waals surface area contributed by atoms with Crippen LogP contribution in [0.1, 0.15) is 31.7 Å². The highest BCUT2D eigenvalue weighted by Crippen LogP contribution is 2.58. The second kappa shape index (κ2) is 9.32. The fourth-order valence-electron chi connectivity index (χ4n) is 6.37. The van der Waals surface area contributed by atoms with Gasteiger partial charge in [-0.1, -0.05) is 55.0 Å². The van der Waals surface area contributed by atoms with E-state index in [4.69, 9.17) is 21.1 Å². The van der Waals surface area contributed by atoms with Crippen molar-refractivity contribution in [2.75, 3.05) is 31.2 Å². The van der Waals surface area contributed by atoms with E-state index in [1.807, 2.05) is 44.2 Å². The van der Waals surface area contributed by atoms with E-state index >= 15 is 0 Å². The van der Waals surface area contributed by atoms with E-state index in [9.17, 15) is 19.5 Å². The Balaban J connectivity index is 1.68. The first kappa shape index (κ1) is 25.0. The molecular formula is C27H31ClN2O6. The quantitative estimate of drug-likeness (QED) is 0.479. The third-order valence-corrected chi connectivity index (χ3v) is 8.22. The Morgan fingerprint density at radius 2 is 1.94 bits per heavy atom. The molecular weight excluding hydrogens is 484 g/mol. The summed E-state index contributed by atoms with van der Waals surface area (Å²) in [6.45, 7) is 4.28. The normalized spacial score (nSPS) is 33.6. The van der Waals surface area contributed by atoms with Gasteiger partial charge < -0.3 is 24.4 Å². The van der Waals surface area contributed by atoms with Crippen molar-refractivity contribution in [1.29, 1.82) is 0 Å². The molecule has 1 N–H and O–H groups in total. The van der Waals surface area contributed by atoms with Crippen molar-refractivity contribution in [2.45, 2.75) is 50.4 Å². The predicted molar refractivity (Wildman–Crippen MR) is 133 cm³/mol. The lowest BCUT2D eigenvalue weighted by molar-refractivity contribution is -0.160. The second-order valence-corrected chi connectivity index (χ2v) is 10.3. The highest BCUT2D eigenvalue weighted by atomic mass is 35.5. The zero-order chi connectivity index (χ0) is 25.7. The molecule has 0 aliphatic carbocycles. The Labute approximate surface area is 215 Å². The molecule has 8 nitrogen and oxygen atoms in total. The molecule has 192 valence electrons. The Morgan fingerprint density at radius 1 is 1.14 bits per heavy atom. The number of amides is 2. The van der Waals surface area contributed by atoms with Crippen LogP contribution in [0.25, 0.3) is 0 Å². The number of nitrogens with zero attached hydrogens (tertiary/aromatic N) is 2. The Hall–Kier alpha value is -2.68. The van der Waals surface area contributed by atoms with Gasteiger partial charge in [0.05, 0.1) is 23.2 Å². The standard InChI is InChI=1S/C27H31ClN2O6/c1-3-26-11-4-5-16-35-25(34)20(26)19-23(32)30(14-8-15-31)22-24(33)29(13-7-12-27(19,22)36-26)21-17(2)9-6-10-18(21)28/h4,6-7,9-12,19-20,22,31H,3,5,8,13-16H2,1-2H3/t19-,20+,22?,26-,27-/m0/s1. The summed E-state index contributed by atoms with van der Waals surface area (Å²) in [6.07, 6.45) is 8.71. The number of aliphatic hydroxyl groups is 1. The van der Waals surface area contributed by atoms with Gasteiger partial charge in [0.25, 0.3) is 5.91 Å². The number of hydrogen-bond acceptors (Lipinski definition) is 6. The fraction of sp³-hybridized carbons (Fsp3) is 0.519. The van der Waals surface area contributed by atoms with Crippen molar-refractivity contribution in [3.05, 3.63) is 53.1 Å². The van der Waals surface area contributed by atoms with Crippen LogP contribution < -0.4 is 4.90 Å². The molecule has 5 atom stereocenters. The molecule has 1 unspecified atom stereocenters. The fourth-order valence-corrected chi connectivity index (χ4v) is 6.70. The van der Waals surface area contributed by atoms with Crippen molar-refractivity contribution < 1.29 is 29.0 Å². The second-order valence-electron chi connectivity index (χ2n) is 9.85. The molecule has 2 amide bonds. The molecule has 9 heteroatoms. The lowest BCUT2D eigenvalue weighted by atomic mass is 9.73. The van der Waals surface area contributed by atoms with Gasteiger partial charge in [0, 0.05) is 19.7 Å². The number of carbonyl (C=O) groups excluding carboxylic acids is 3. The molecule has 0 radical (unpaired) electrons. The number of rotatable bonds is 5. The number of likely N-dealkylation sites (tertiary alicyclic amines) is 1. The third-order valence-electron chi connectivity index (χ3n) is 7.92. The average Bonchev–Trinajstić information content (AvgIpc) is 3.19. The molecule has 1 aromatic carbocycles. The van der Waals surface area contributed by atoms with E-state index < -0.39 is 35.0 Å². The summed E-state index contributed by atoms with van der Waals surface area (Å²) in [5.74, 6) is -2.97. The number of anilines is 1. The van der Waals surface area contributed by atoms with Crippen molar-refractivity contribution in [3.8, 4) is 0 Å². The van der Waals surface area contributed by atoms with Crippen LogP contribution in [0.15, 0.2) is 42.5 Å². The molecule has 1 aromatic rings. The lowest BCUT2D eigenvalue weighted by Crippen LogP contribution is -2.56. The SMILES string of the molecule is CC[C@]12C=CCCOC(=O)[C@H]1[C@H]1C(=O)N(CCCO)C3C(=O)N(c4c(C)cccc4Cl)CC=C[C@@]31O2. The number of carbonyl (C=O) groups is 3. The van der Waals surface area contributed by atoms with Gasteiger partial charge in [0.15, 0.2) is 0 Å². The molecule has 5 rings (SSSR count). The smallest absolute Gasteiger partial charge is 0.313 e. The van der Waals surface area contributed by atoms with Gasteiger partial charge >= 0.3 is 5.97 Å². The predicted octanol–water partition coefficient (Wildman–Crippen LogP) is 2.80. The maximum Gasteiger partial charge on any atom is 0.313 e. The molecule has 4 aliphatic heterocycles. The highest BCUT2D eigenvalue weighted by Gasteiger charge is 2.75. The van der Waals surface area contributed by atoms with Crippen molar-refractivity contribution >= 4 is 35.1 Å². The average molecular weight is 515 g/mol. The van der Waals surface area contributed by atoms with Crippen LogP contribution in [0.5, 0.6) is 0 Å². The number of cyclic esters (lactones) is 1. The number of esters is 1. The zero-order valence-corrected chi connectivity index (χ0v) is 21.2. The number of fused-ring (bicyclic) bond motifs is 2. The summed E-state index contributed by atoms with van der Waals surface area (Å²) in [5, 5.41) is 9.96. The first-order valence-corrected chi connectivity index (χ1v) is 12.9. The minimum atomic E-state index is -1.36. The number of halogens is 1. The Bertz CT molecular complexity index is 1130. The van der Waals surface area contributed by atoms with E-state index in [1.54, 1.807) is 17.0 Å². The molecule has 4 heterocycles. The van der Waals surface area contributed by atoms with E-state index in [0.717, 1.165) is 5.56 Å². The van der Waals surface area contributed by atoms with E-state index in [-0.39, 0.29) is 38.1 Å². The summed E-state index contributed by atoms with van der Waals surface area (Å²) in [4.78, 5) is 44.8. The number of hydrogen-bond donors (Lipinski definition) is 1. The van der Waals surface area contributed by atoms with Gasteiger partial charge in [-0.15, -0.1) is 0 Å². The number of benzene rings is 1. The minimum Gasteiger partial charge on any atom is -0.465 e. The number of para-hydroxylation sites is 1. The molecule has 36 heavy (non-hydrogen) atoms. The maximum atomic E-state index is 14.4. The molecule has 0 bridgehead atoms. The number of ether oxygens (including phenoxy) is 2. The van der Waals surface area contributed by atoms with Crippen LogP contribution in [0.3, 0.4) is 0 Å². The first-order valence-electron chi connectivity index (χ1n) is 12.5. The monoisotopic (exact) mass is 514 g/mol. The summed E-state index contributed by atoms with van der Waals surface area (Å²) in [6, 6.07) is 4.41. The summed E-state index contributed by atoms with van der Waals surface area (Å²) in [5.41, 5.74) is -1.02. The van der Waals surface area contributed by atoms with Crippen LogP contribution in [-0.2, 0) is 23.9 Å². The van der Waals surface area contributed by atoms with Gasteiger partial charge in [-0.3, -0.25) is 14.4 Å². The minimum absolute atomic E-state index is 0.139. The molecule has 0 saturated carbocycles. The van der Waals surface area contributed by atoms with Crippen LogP contribution in [-0.4, -0.2) is 71.3 Å². The summed E-state index contributed by atoms with van der Waals surface area (Å²) >= 11 is 6.55. The van der Waals surface area contributed by atoms with E-state index in [1.165, 1.54) is 4.90 Å². The van der Waals surface area contributed by atoms with E-state index in [0.29, 0.717) is 30.0 Å². The largest absolute Gasteiger partial charge is 0.465 e. The Kier molecular flexibility index (Phi) is 6.47. The van der Waals surface area contributed by atoms with Gasteiger partial charge in [-0.25, -0.2) is 0 Å². The number of aryl methyl sites for hydroxylation is 1. The van der Waals surface area contributed by atoms with Crippen LogP contribution in [0, 0.1) is 18.8 Å². The first-order chi connectivity index (χ1) is 17.3. The summed E-state index contributed by atoms with van der Waals surface area (Å²) < 4.78 is 12.4. The summed E-state index contributed by atoms with van der Waals surface area (Å²) in [7, 11) is 0. The molecule has 0 aromatic heterocycles. The molecule has 1 spiro atoms. The topological polar surface area (TPSA) is 96.4 Å². The number of aliphatic hydroxyl groups excluding tert-OH is 1. The molecule has 2 saturated heterocycles. The molecule has 2 fully saturated rings. The van der Waals surface area contributed by atoms with E-state index in [2.05, 4.69) is 0 Å². The van der Waals surface area contributed by atoms with Crippen LogP contribution in [0.2, 0.25) is 5.02 Å². The zero-order valence-electron chi connectivity index (χ0n) is 20.5. The van der Waals surface area contributed by atoms with Crippen molar-refractivity contribution in [1.82, 2.24) is 4.90 Å². The maximum absolute atomic E-state index is 14.4.